The third kappa shape index (κ3) is 10.0. The second kappa shape index (κ2) is 15.5. The molecule has 3 aliphatic rings. The van der Waals surface area contributed by atoms with Gasteiger partial charge in [0.25, 0.3) is 0 Å². The van der Waals surface area contributed by atoms with Crippen molar-refractivity contribution in [1.29, 1.82) is 0 Å². The lowest BCUT2D eigenvalue weighted by Crippen LogP contribution is -2.61. The van der Waals surface area contributed by atoms with Crippen molar-refractivity contribution in [3.05, 3.63) is 0 Å². The van der Waals surface area contributed by atoms with E-state index in [2.05, 4.69) is 12.2 Å². The van der Waals surface area contributed by atoms with Gasteiger partial charge in [-0.25, -0.2) is 0 Å². The van der Waals surface area contributed by atoms with E-state index in [1.807, 2.05) is 27.7 Å². The summed E-state index contributed by atoms with van der Waals surface area (Å²) in [5, 5.41) is 13.4. The highest BCUT2D eigenvalue weighted by Crippen LogP contribution is 2.45. The molecule has 7 heteroatoms. The number of unbranched alkanes of at least 4 members (excludes halogenated alkanes) is 13. The van der Waals surface area contributed by atoms with Crippen LogP contribution in [0.1, 0.15) is 131 Å². The Kier molecular flexibility index (Phi) is 13.1. The third-order valence-corrected chi connectivity index (χ3v) is 7.96. The maximum Gasteiger partial charge on any atom is 0.190 e. The quantitative estimate of drug-likeness (QED) is 0.194. The zero-order valence-electron chi connectivity index (χ0n) is 24.5. The summed E-state index contributed by atoms with van der Waals surface area (Å²) >= 11 is 0. The Hall–Kier alpha value is -0.280. The second-order valence-electron chi connectivity index (χ2n) is 12.3. The molecule has 0 amide bonds. The van der Waals surface area contributed by atoms with E-state index in [4.69, 9.17) is 23.7 Å². The van der Waals surface area contributed by atoms with Crippen LogP contribution >= 0.6 is 0 Å². The predicted octanol–water partition coefficient (Wildman–Crippen LogP) is 6.20. The van der Waals surface area contributed by atoms with Gasteiger partial charge >= 0.3 is 0 Å². The van der Waals surface area contributed by atoms with Crippen LogP contribution in [0.4, 0.5) is 0 Å². The Morgan fingerprint density at radius 3 is 1.70 bits per heavy atom. The molecule has 7 nitrogen and oxygen atoms in total. The summed E-state index contributed by atoms with van der Waals surface area (Å²) in [6.07, 6.45) is 18.0. The van der Waals surface area contributed by atoms with E-state index >= 15 is 0 Å². The van der Waals surface area contributed by atoms with E-state index < -0.39 is 17.9 Å². The minimum Gasteiger partial charge on any atom is -0.396 e. The van der Waals surface area contributed by atoms with Gasteiger partial charge in [0.1, 0.15) is 24.4 Å². The molecule has 0 aromatic carbocycles. The van der Waals surface area contributed by atoms with Crippen LogP contribution in [-0.4, -0.2) is 66.6 Å². The molecule has 0 aromatic heterocycles. The van der Waals surface area contributed by atoms with Crippen molar-refractivity contribution < 1.29 is 28.8 Å². The zero-order valence-corrected chi connectivity index (χ0v) is 24.5. The van der Waals surface area contributed by atoms with Crippen LogP contribution in [0, 0.1) is 0 Å². The smallest absolute Gasteiger partial charge is 0.190 e. The lowest BCUT2D eigenvalue weighted by atomic mass is 9.92. The van der Waals surface area contributed by atoms with Crippen molar-refractivity contribution in [3.8, 4) is 0 Å². The van der Waals surface area contributed by atoms with E-state index in [9.17, 15) is 5.11 Å². The normalized spacial score (nSPS) is 30.8. The molecule has 0 spiro atoms. The highest BCUT2D eigenvalue weighted by Gasteiger charge is 2.61. The van der Waals surface area contributed by atoms with Gasteiger partial charge < -0.3 is 34.1 Å². The fraction of sp³-hybridized carbons (Fsp3) is 1.00. The average molecular weight is 528 g/mol. The summed E-state index contributed by atoms with van der Waals surface area (Å²) in [5.74, 6) is -1.43. The van der Waals surface area contributed by atoms with Gasteiger partial charge in [-0.3, -0.25) is 0 Å². The standard InChI is InChI=1S/C30H57NO6/c1-6-7-8-9-10-11-12-13-14-15-16-17-18-19-21-31-23(20-22-32)24-25-26(35-29(2,3)34-25)27-28(33-24)37-30(4,5)36-27/h23-28,31-32H,6-22H2,1-5H3/t23?,24-,25?,26?,27?,28?/m1/s1. The molecule has 5 unspecified atom stereocenters. The number of fused-ring (bicyclic) bond motifs is 3. The van der Waals surface area contributed by atoms with E-state index in [-0.39, 0.29) is 37.1 Å². The lowest BCUT2D eigenvalue weighted by molar-refractivity contribution is -0.240. The van der Waals surface area contributed by atoms with Crippen molar-refractivity contribution in [3.63, 3.8) is 0 Å². The Bertz CT molecular complexity index is 629. The monoisotopic (exact) mass is 527 g/mol. The van der Waals surface area contributed by atoms with Gasteiger partial charge in [0, 0.05) is 12.6 Å². The van der Waals surface area contributed by atoms with Crippen LogP contribution in [0.15, 0.2) is 0 Å². The lowest BCUT2D eigenvalue weighted by Gasteiger charge is -2.41. The summed E-state index contributed by atoms with van der Waals surface area (Å²) in [7, 11) is 0. The van der Waals surface area contributed by atoms with Crippen molar-refractivity contribution in [1.82, 2.24) is 5.32 Å². The molecule has 2 N–H and O–H groups in total. The summed E-state index contributed by atoms with van der Waals surface area (Å²) in [6.45, 7) is 10.9. The zero-order chi connectivity index (χ0) is 26.7. The van der Waals surface area contributed by atoms with Crippen molar-refractivity contribution in [2.75, 3.05) is 13.2 Å². The molecular weight excluding hydrogens is 470 g/mol. The average Bonchev–Trinajstić information content (AvgIpc) is 3.34. The van der Waals surface area contributed by atoms with Gasteiger partial charge in [-0.1, -0.05) is 90.4 Å². The van der Waals surface area contributed by atoms with E-state index in [0.29, 0.717) is 6.42 Å². The summed E-state index contributed by atoms with van der Waals surface area (Å²) < 4.78 is 31.1. The molecule has 0 aromatic rings. The van der Waals surface area contributed by atoms with Crippen LogP contribution in [0.5, 0.6) is 0 Å². The molecular formula is C30H57NO6. The minimum atomic E-state index is -0.723. The fourth-order valence-electron chi connectivity index (χ4n) is 6.10. The highest BCUT2D eigenvalue weighted by atomic mass is 16.9. The van der Waals surface area contributed by atoms with E-state index in [0.717, 1.165) is 13.0 Å². The summed E-state index contributed by atoms with van der Waals surface area (Å²) in [5.41, 5.74) is 0. The maximum absolute atomic E-state index is 9.78. The van der Waals surface area contributed by atoms with Crippen molar-refractivity contribution in [2.45, 2.75) is 179 Å². The number of hydrogen-bond donors (Lipinski definition) is 2. The molecule has 6 atom stereocenters. The van der Waals surface area contributed by atoms with Crippen LogP contribution in [0.3, 0.4) is 0 Å². The number of rotatable bonds is 19. The molecule has 3 saturated heterocycles. The molecule has 0 aliphatic carbocycles. The molecule has 218 valence electrons. The Morgan fingerprint density at radius 2 is 1.14 bits per heavy atom. The van der Waals surface area contributed by atoms with Crippen molar-refractivity contribution in [2.24, 2.45) is 0 Å². The Morgan fingerprint density at radius 1 is 0.649 bits per heavy atom. The van der Waals surface area contributed by atoms with Gasteiger partial charge in [-0.05, 0) is 47.1 Å². The fourth-order valence-corrected chi connectivity index (χ4v) is 6.10. The predicted molar refractivity (Wildman–Crippen MR) is 146 cm³/mol. The molecule has 3 rings (SSSR count). The third-order valence-electron chi connectivity index (χ3n) is 7.96. The van der Waals surface area contributed by atoms with Gasteiger partial charge in [0.05, 0.1) is 0 Å². The van der Waals surface area contributed by atoms with Gasteiger partial charge in [-0.15, -0.1) is 0 Å². The van der Waals surface area contributed by atoms with Gasteiger partial charge in [0.15, 0.2) is 17.9 Å². The largest absolute Gasteiger partial charge is 0.396 e. The molecule has 0 radical (unpaired) electrons. The molecule has 3 heterocycles. The van der Waals surface area contributed by atoms with Gasteiger partial charge in [-0.2, -0.15) is 0 Å². The summed E-state index contributed by atoms with van der Waals surface area (Å²) in [6, 6.07) is -0.0368. The number of aliphatic hydroxyl groups excluding tert-OH is 1. The molecule has 3 aliphatic heterocycles. The number of ether oxygens (including phenoxy) is 5. The van der Waals surface area contributed by atoms with Crippen LogP contribution < -0.4 is 5.32 Å². The maximum atomic E-state index is 9.78. The van der Waals surface area contributed by atoms with E-state index in [1.165, 1.54) is 83.5 Å². The number of hydrogen-bond acceptors (Lipinski definition) is 7. The van der Waals surface area contributed by atoms with E-state index in [1.54, 1.807) is 0 Å². The SMILES string of the molecule is CCCCCCCCCCCCCCCCNC(CCO)[C@H]1OC2OC(C)(C)OC2C2OC(C)(C)OC21. The second-order valence-corrected chi connectivity index (χ2v) is 12.3. The Balaban J connectivity index is 1.32. The first-order chi connectivity index (χ1) is 17.8. The Labute approximate surface area is 226 Å². The number of nitrogens with one attached hydrogen (secondary N) is 1. The summed E-state index contributed by atoms with van der Waals surface area (Å²) in [4.78, 5) is 0. The topological polar surface area (TPSA) is 78.4 Å². The molecule has 3 fully saturated rings. The molecule has 0 bridgehead atoms. The first-order valence-electron chi connectivity index (χ1n) is 15.5. The first-order valence-corrected chi connectivity index (χ1v) is 15.5. The van der Waals surface area contributed by atoms with Crippen molar-refractivity contribution >= 4 is 0 Å². The van der Waals surface area contributed by atoms with Crippen LogP contribution in [0.25, 0.3) is 0 Å². The minimum absolute atomic E-state index is 0.0368. The molecule has 37 heavy (non-hydrogen) atoms. The van der Waals surface area contributed by atoms with Crippen LogP contribution in [-0.2, 0) is 23.7 Å². The van der Waals surface area contributed by atoms with Crippen LogP contribution in [0.2, 0.25) is 0 Å². The number of aliphatic hydroxyl groups is 1. The molecule has 0 saturated carbocycles. The van der Waals surface area contributed by atoms with Gasteiger partial charge in [0.2, 0.25) is 0 Å². The first kappa shape index (κ1) is 31.3. The highest BCUT2D eigenvalue weighted by molar-refractivity contribution is 5.03.